The molecule has 0 saturated heterocycles. The molecule has 0 saturated carbocycles. The summed E-state index contributed by atoms with van der Waals surface area (Å²) in [6.07, 6.45) is 0. The third kappa shape index (κ3) is 4.62. The molecule has 1 heterocycles. The van der Waals surface area contributed by atoms with Crippen LogP contribution in [0.5, 0.6) is 0 Å². The standard InChI is InChI=1S/C18H17ClN4O2S/c1-12-3-4-13(2)16(9-12)23-18(20-21-22-23)26-11-17(24)25-10-14-5-7-15(19)8-6-14/h3-9H,10-11H2,1-2H3. The molecule has 0 aliphatic rings. The van der Waals surface area contributed by atoms with E-state index in [0.29, 0.717) is 10.2 Å². The van der Waals surface area contributed by atoms with Gasteiger partial charge in [0.2, 0.25) is 5.16 Å². The van der Waals surface area contributed by atoms with E-state index < -0.39 is 0 Å². The second-order valence-corrected chi connectivity index (χ2v) is 7.12. The third-order valence-corrected chi connectivity index (χ3v) is 4.81. The monoisotopic (exact) mass is 388 g/mol. The Bertz CT molecular complexity index is 912. The highest BCUT2D eigenvalue weighted by Crippen LogP contribution is 2.22. The number of hydrogen-bond acceptors (Lipinski definition) is 6. The minimum absolute atomic E-state index is 0.124. The lowest BCUT2D eigenvalue weighted by molar-refractivity contribution is -0.141. The number of hydrogen-bond donors (Lipinski definition) is 0. The Kier molecular flexibility index (Phi) is 5.90. The summed E-state index contributed by atoms with van der Waals surface area (Å²) in [5.41, 5.74) is 3.94. The van der Waals surface area contributed by atoms with E-state index in [-0.39, 0.29) is 18.3 Å². The molecule has 134 valence electrons. The van der Waals surface area contributed by atoms with Crippen LogP contribution in [-0.2, 0) is 16.1 Å². The van der Waals surface area contributed by atoms with Crippen LogP contribution in [0.2, 0.25) is 5.02 Å². The predicted octanol–water partition coefficient (Wildman–Crippen LogP) is 3.77. The van der Waals surface area contributed by atoms with Crippen LogP contribution in [0.25, 0.3) is 5.69 Å². The zero-order chi connectivity index (χ0) is 18.5. The molecule has 0 radical (unpaired) electrons. The molecule has 6 nitrogen and oxygen atoms in total. The number of rotatable bonds is 6. The normalized spacial score (nSPS) is 10.7. The first-order chi connectivity index (χ1) is 12.5. The molecule has 0 unspecified atom stereocenters. The second-order valence-electron chi connectivity index (χ2n) is 5.74. The molecule has 0 amide bonds. The number of carbonyl (C=O) groups is 1. The topological polar surface area (TPSA) is 69.9 Å². The van der Waals surface area contributed by atoms with Gasteiger partial charge in [-0.1, -0.05) is 47.6 Å². The number of nitrogens with zero attached hydrogens (tertiary/aromatic N) is 4. The molecular formula is C18H17ClN4O2S. The van der Waals surface area contributed by atoms with Crippen LogP contribution in [-0.4, -0.2) is 31.9 Å². The number of carbonyl (C=O) groups excluding carboxylic acids is 1. The zero-order valence-electron chi connectivity index (χ0n) is 14.3. The maximum Gasteiger partial charge on any atom is 0.316 e. The van der Waals surface area contributed by atoms with Crippen LogP contribution >= 0.6 is 23.4 Å². The van der Waals surface area contributed by atoms with Gasteiger partial charge < -0.3 is 4.74 Å². The molecule has 8 heteroatoms. The van der Waals surface area contributed by atoms with Gasteiger partial charge in [-0.15, -0.1) is 5.10 Å². The number of aromatic nitrogens is 4. The SMILES string of the molecule is Cc1ccc(C)c(-n2nnnc2SCC(=O)OCc2ccc(Cl)cc2)c1. The smallest absolute Gasteiger partial charge is 0.316 e. The van der Waals surface area contributed by atoms with Crippen LogP contribution in [0, 0.1) is 13.8 Å². The van der Waals surface area contributed by atoms with Crippen LogP contribution in [0.15, 0.2) is 47.6 Å². The molecule has 0 N–H and O–H groups in total. The van der Waals surface area contributed by atoms with Crippen molar-refractivity contribution in [1.29, 1.82) is 0 Å². The number of ether oxygens (including phenoxy) is 1. The van der Waals surface area contributed by atoms with E-state index in [1.807, 2.05) is 44.2 Å². The quantitative estimate of drug-likeness (QED) is 0.473. The van der Waals surface area contributed by atoms with E-state index >= 15 is 0 Å². The van der Waals surface area contributed by atoms with Crippen LogP contribution < -0.4 is 0 Å². The van der Waals surface area contributed by atoms with Crippen molar-refractivity contribution in [2.45, 2.75) is 25.6 Å². The highest BCUT2D eigenvalue weighted by atomic mass is 35.5. The van der Waals surface area contributed by atoms with Crippen molar-refractivity contribution in [2.75, 3.05) is 5.75 Å². The fraction of sp³-hybridized carbons (Fsp3) is 0.222. The Balaban J connectivity index is 1.60. The summed E-state index contributed by atoms with van der Waals surface area (Å²) in [4.78, 5) is 12.0. The number of tetrazole rings is 1. The number of thioether (sulfide) groups is 1. The van der Waals surface area contributed by atoms with Gasteiger partial charge in [0.05, 0.1) is 11.4 Å². The van der Waals surface area contributed by atoms with E-state index in [0.717, 1.165) is 22.4 Å². The van der Waals surface area contributed by atoms with Gasteiger partial charge in [0, 0.05) is 5.02 Å². The summed E-state index contributed by atoms with van der Waals surface area (Å²) >= 11 is 7.08. The summed E-state index contributed by atoms with van der Waals surface area (Å²) in [5, 5.41) is 13.0. The molecule has 3 aromatic rings. The summed E-state index contributed by atoms with van der Waals surface area (Å²) < 4.78 is 6.91. The van der Waals surface area contributed by atoms with Gasteiger partial charge in [-0.2, -0.15) is 4.68 Å². The Morgan fingerprint density at radius 3 is 2.73 bits per heavy atom. The third-order valence-electron chi connectivity index (χ3n) is 3.67. The van der Waals surface area contributed by atoms with Gasteiger partial charge >= 0.3 is 5.97 Å². The Labute approximate surface area is 160 Å². The molecule has 0 bridgehead atoms. The number of esters is 1. The van der Waals surface area contributed by atoms with Gasteiger partial charge in [-0.25, -0.2) is 0 Å². The lowest BCUT2D eigenvalue weighted by atomic mass is 10.1. The average molecular weight is 389 g/mol. The lowest BCUT2D eigenvalue weighted by Gasteiger charge is -2.08. The summed E-state index contributed by atoms with van der Waals surface area (Å²) in [6.45, 7) is 4.21. The number of halogens is 1. The zero-order valence-corrected chi connectivity index (χ0v) is 15.9. The number of aryl methyl sites for hydroxylation is 2. The van der Waals surface area contributed by atoms with Gasteiger partial charge in [-0.05, 0) is 59.2 Å². The van der Waals surface area contributed by atoms with Crippen molar-refractivity contribution in [1.82, 2.24) is 20.2 Å². The molecule has 1 aromatic heterocycles. The number of benzene rings is 2. The predicted molar refractivity (Wildman–Crippen MR) is 101 cm³/mol. The molecule has 26 heavy (non-hydrogen) atoms. The summed E-state index contributed by atoms with van der Waals surface area (Å²) in [7, 11) is 0. The van der Waals surface area contributed by atoms with Gasteiger partial charge in [0.1, 0.15) is 6.61 Å². The van der Waals surface area contributed by atoms with Crippen LogP contribution in [0.4, 0.5) is 0 Å². The summed E-state index contributed by atoms with van der Waals surface area (Å²) in [6, 6.07) is 13.2. The van der Waals surface area contributed by atoms with Gasteiger partial charge in [0.25, 0.3) is 0 Å². The van der Waals surface area contributed by atoms with Gasteiger partial charge in [-0.3, -0.25) is 4.79 Å². The average Bonchev–Trinajstić information content (AvgIpc) is 3.10. The van der Waals surface area contributed by atoms with E-state index in [9.17, 15) is 4.79 Å². The second kappa shape index (κ2) is 8.33. The van der Waals surface area contributed by atoms with E-state index in [4.69, 9.17) is 16.3 Å². The summed E-state index contributed by atoms with van der Waals surface area (Å²) in [5.74, 6) is -0.209. The van der Waals surface area contributed by atoms with E-state index in [1.165, 1.54) is 11.8 Å². The molecule has 2 aromatic carbocycles. The minimum atomic E-state index is -0.333. The first-order valence-electron chi connectivity index (χ1n) is 7.92. The molecule has 0 aliphatic carbocycles. The molecule has 0 fully saturated rings. The first kappa shape index (κ1) is 18.4. The van der Waals surface area contributed by atoms with Gasteiger partial charge in [0.15, 0.2) is 0 Å². The fourth-order valence-electron chi connectivity index (χ4n) is 2.28. The Hall–Kier alpha value is -2.38. The van der Waals surface area contributed by atoms with Crippen molar-refractivity contribution < 1.29 is 9.53 Å². The lowest BCUT2D eigenvalue weighted by Crippen LogP contribution is -2.09. The highest BCUT2D eigenvalue weighted by molar-refractivity contribution is 7.99. The molecule has 0 atom stereocenters. The molecule has 0 aliphatic heterocycles. The molecule has 3 rings (SSSR count). The molecule has 0 spiro atoms. The maximum absolute atomic E-state index is 12.0. The van der Waals surface area contributed by atoms with Crippen LogP contribution in [0.3, 0.4) is 0 Å². The Morgan fingerprint density at radius 1 is 1.19 bits per heavy atom. The Morgan fingerprint density at radius 2 is 1.96 bits per heavy atom. The van der Waals surface area contributed by atoms with Crippen molar-refractivity contribution in [3.8, 4) is 5.69 Å². The highest BCUT2D eigenvalue weighted by Gasteiger charge is 2.14. The van der Waals surface area contributed by atoms with Crippen molar-refractivity contribution >= 4 is 29.3 Å². The maximum atomic E-state index is 12.0. The van der Waals surface area contributed by atoms with Crippen LogP contribution in [0.1, 0.15) is 16.7 Å². The van der Waals surface area contributed by atoms with E-state index in [2.05, 4.69) is 15.5 Å². The van der Waals surface area contributed by atoms with Crippen molar-refractivity contribution in [3.63, 3.8) is 0 Å². The fourth-order valence-corrected chi connectivity index (χ4v) is 3.08. The molecular weight excluding hydrogens is 372 g/mol. The van der Waals surface area contributed by atoms with Crippen molar-refractivity contribution in [3.05, 3.63) is 64.2 Å². The first-order valence-corrected chi connectivity index (χ1v) is 9.28. The largest absolute Gasteiger partial charge is 0.460 e. The van der Waals surface area contributed by atoms with Crippen molar-refractivity contribution in [2.24, 2.45) is 0 Å². The minimum Gasteiger partial charge on any atom is -0.460 e. The van der Waals surface area contributed by atoms with E-state index in [1.54, 1.807) is 16.8 Å².